The quantitative estimate of drug-likeness (QED) is 0.925. The molecule has 1 amide bonds. The fourth-order valence-corrected chi connectivity index (χ4v) is 2.15. The Labute approximate surface area is 118 Å². The van der Waals surface area contributed by atoms with Gasteiger partial charge in [-0.3, -0.25) is 4.79 Å². The first-order chi connectivity index (χ1) is 9.78. The molecule has 102 valence electrons. The minimum atomic E-state index is -0.159. The zero-order valence-electron chi connectivity index (χ0n) is 11.5. The summed E-state index contributed by atoms with van der Waals surface area (Å²) in [7, 11) is 0. The van der Waals surface area contributed by atoms with Crippen LogP contribution in [0.25, 0.3) is 0 Å². The Hall–Kier alpha value is -2.23. The Kier molecular flexibility index (Phi) is 3.46. The first kappa shape index (κ1) is 12.8. The summed E-state index contributed by atoms with van der Waals surface area (Å²) in [5, 5.41) is 2.92. The van der Waals surface area contributed by atoms with Crippen molar-refractivity contribution in [3.05, 3.63) is 53.6 Å². The molecular weight excluding hydrogens is 250 g/mol. The summed E-state index contributed by atoms with van der Waals surface area (Å²) >= 11 is 0. The van der Waals surface area contributed by atoms with Crippen molar-refractivity contribution in [2.75, 3.05) is 5.32 Å². The third kappa shape index (κ3) is 2.69. The van der Waals surface area contributed by atoms with Gasteiger partial charge in [0.25, 0.3) is 5.91 Å². The van der Waals surface area contributed by atoms with E-state index in [1.54, 1.807) is 12.4 Å². The van der Waals surface area contributed by atoms with Crippen molar-refractivity contribution in [3.8, 4) is 0 Å². The van der Waals surface area contributed by atoms with Crippen LogP contribution in [0, 0.1) is 0 Å². The number of nitrogens with one attached hydrogen (secondary N) is 1. The predicted octanol–water partition coefficient (Wildman–Crippen LogP) is 3.17. The van der Waals surface area contributed by atoms with Gasteiger partial charge in [-0.15, -0.1) is 0 Å². The van der Waals surface area contributed by atoms with E-state index < -0.39 is 0 Å². The van der Waals surface area contributed by atoms with Gasteiger partial charge in [-0.1, -0.05) is 25.1 Å². The zero-order valence-corrected chi connectivity index (χ0v) is 11.5. The lowest BCUT2D eigenvalue weighted by atomic mass is 10.1. The second-order valence-electron chi connectivity index (χ2n) is 5.07. The van der Waals surface area contributed by atoms with E-state index in [-0.39, 0.29) is 5.91 Å². The van der Waals surface area contributed by atoms with E-state index in [1.807, 2.05) is 24.3 Å². The fourth-order valence-electron chi connectivity index (χ4n) is 2.15. The summed E-state index contributed by atoms with van der Waals surface area (Å²) in [6, 6.07) is 7.82. The van der Waals surface area contributed by atoms with E-state index in [4.69, 9.17) is 0 Å². The smallest absolute Gasteiger partial charge is 0.258 e. The lowest BCUT2D eigenvalue weighted by molar-refractivity contribution is 0.102. The van der Waals surface area contributed by atoms with Crippen LogP contribution in [-0.2, 0) is 6.42 Å². The van der Waals surface area contributed by atoms with Crippen LogP contribution < -0.4 is 5.32 Å². The zero-order chi connectivity index (χ0) is 13.9. The number of hydrogen-bond donors (Lipinski definition) is 1. The summed E-state index contributed by atoms with van der Waals surface area (Å²) in [5.41, 5.74) is 2.47. The highest BCUT2D eigenvalue weighted by Gasteiger charge is 2.26. The lowest BCUT2D eigenvalue weighted by Crippen LogP contribution is -2.14. The fraction of sp³-hybridized carbons (Fsp3) is 0.312. The molecule has 1 aromatic heterocycles. The first-order valence-corrected chi connectivity index (χ1v) is 6.99. The number of rotatable bonds is 4. The minimum Gasteiger partial charge on any atom is -0.322 e. The van der Waals surface area contributed by atoms with Crippen LogP contribution in [0.15, 0.2) is 36.7 Å². The molecule has 3 rings (SSSR count). The van der Waals surface area contributed by atoms with Crippen molar-refractivity contribution in [1.82, 2.24) is 9.97 Å². The molecule has 2 aromatic rings. The molecule has 0 bridgehead atoms. The summed E-state index contributed by atoms with van der Waals surface area (Å²) in [5.74, 6) is 1.21. The van der Waals surface area contributed by atoms with E-state index in [9.17, 15) is 4.79 Å². The normalized spacial score (nSPS) is 14.1. The molecule has 0 unspecified atom stereocenters. The van der Waals surface area contributed by atoms with Gasteiger partial charge in [0.1, 0.15) is 5.82 Å². The van der Waals surface area contributed by atoms with Crippen molar-refractivity contribution >= 4 is 11.6 Å². The number of anilines is 1. The number of para-hydroxylation sites is 1. The number of amides is 1. The summed E-state index contributed by atoms with van der Waals surface area (Å²) in [6.45, 7) is 2.07. The second kappa shape index (κ2) is 5.41. The highest BCUT2D eigenvalue weighted by atomic mass is 16.1. The van der Waals surface area contributed by atoms with Crippen molar-refractivity contribution in [2.45, 2.75) is 32.1 Å². The Morgan fingerprint density at radius 1 is 1.25 bits per heavy atom. The van der Waals surface area contributed by atoms with Crippen LogP contribution in [0.3, 0.4) is 0 Å². The molecule has 0 spiro atoms. The SMILES string of the molecule is CCc1ccccc1NC(=O)c1cnc(C2CC2)nc1. The summed E-state index contributed by atoms with van der Waals surface area (Å²) in [6.07, 6.45) is 6.44. The molecule has 1 fully saturated rings. The molecule has 4 heteroatoms. The molecule has 1 N–H and O–H groups in total. The number of hydrogen-bond acceptors (Lipinski definition) is 3. The van der Waals surface area contributed by atoms with E-state index in [2.05, 4.69) is 22.2 Å². The number of aromatic nitrogens is 2. The third-order valence-electron chi connectivity index (χ3n) is 3.52. The molecule has 1 aliphatic rings. The molecular formula is C16H17N3O. The Morgan fingerprint density at radius 3 is 2.60 bits per heavy atom. The molecule has 1 aliphatic carbocycles. The van der Waals surface area contributed by atoms with Crippen LogP contribution >= 0.6 is 0 Å². The molecule has 20 heavy (non-hydrogen) atoms. The van der Waals surface area contributed by atoms with Crippen molar-refractivity contribution in [1.29, 1.82) is 0 Å². The van der Waals surface area contributed by atoms with Gasteiger partial charge in [-0.25, -0.2) is 9.97 Å². The molecule has 0 saturated heterocycles. The molecule has 4 nitrogen and oxygen atoms in total. The average Bonchev–Trinajstić information content (AvgIpc) is 3.32. The summed E-state index contributed by atoms with van der Waals surface area (Å²) < 4.78 is 0. The van der Waals surface area contributed by atoms with E-state index >= 15 is 0 Å². The van der Waals surface area contributed by atoms with E-state index in [1.165, 1.54) is 0 Å². The van der Waals surface area contributed by atoms with E-state index in [0.29, 0.717) is 11.5 Å². The number of aryl methyl sites for hydroxylation is 1. The molecule has 1 aromatic carbocycles. The number of benzene rings is 1. The highest BCUT2D eigenvalue weighted by Crippen LogP contribution is 2.37. The van der Waals surface area contributed by atoms with Gasteiger partial charge in [0.2, 0.25) is 0 Å². The van der Waals surface area contributed by atoms with Crippen LogP contribution in [-0.4, -0.2) is 15.9 Å². The number of nitrogens with zero attached hydrogens (tertiary/aromatic N) is 2. The van der Waals surface area contributed by atoms with Crippen molar-refractivity contribution in [2.24, 2.45) is 0 Å². The predicted molar refractivity (Wildman–Crippen MR) is 77.8 cm³/mol. The van der Waals surface area contributed by atoms with Crippen LogP contribution in [0.2, 0.25) is 0 Å². The van der Waals surface area contributed by atoms with Gasteiger partial charge in [-0.05, 0) is 30.9 Å². The van der Waals surface area contributed by atoms with Gasteiger partial charge in [0, 0.05) is 24.0 Å². The Balaban J connectivity index is 1.75. The maximum Gasteiger partial charge on any atom is 0.258 e. The Morgan fingerprint density at radius 2 is 1.95 bits per heavy atom. The van der Waals surface area contributed by atoms with Crippen LogP contribution in [0.5, 0.6) is 0 Å². The standard InChI is InChI=1S/C16H17N3O/c1-2-11-5-3-4-6-14(11)19-16(20)13-9-17-15(18-10-13)12-7-8-12/h3-6,9-10,12H,2,7-8H2,1H3,(H,19,20). The lowest BCUT2D eigenvalue weighted by Gasteiger charge is -2.09. The van der Waals surface area contributed by atoms with Gasteiger partial charge in [0.15, 0.2) is 0 Å². The molecule has 0 atom stereocenters. The molecule has 0 radical (unpaired) electrons. The molecule has 1 saturated carbocycles. The van der Waals surface area contributed by atoms with Gasteiger partial charge < -0.3 is 5.32 Å². The highest BCUT2D eigenvalue weighted by molar-refractivity contribution is 6.04. The summed E-state index contributed by atoms with van der Waals surface area (Å²) in [4.78, 5) is 20.7. The van der Waals surface area contributed by atoms with Crippen LogP contribution in [0.4, 0.5) is 5.69 Å². The third-order valence-corrected chi connectivity index (χ3v) is 3.52. The van der Waals surface area contributed by atoms with Crippen LogP contribution in [0.1, 0.15) is 47.4 Å². The van der Waals surface area contributed by atoms with Gasteiger partial charge >= 0.3 is 0 Å². The molecule has 1 heterocycles. The number of carbonyl (C=O) groups excluding carboxylic acids is 1. The first-order valence-electron chi connectivity index (χ1n) is 6.99. The minimum absolute atomic E-state index is 0.159. The van der Waals surface area contributed by atoms with E-state index in [0.717, 1.165) is 36.3 Å². The monoisotopic (exact) mass is 267 g/mol. The second-order valence-corrected chi connectivity index (χ2v) is 5.07. The Bertz CT molecular complexity index is 618. The van der Waals surface area contributed by atoms with Gasteiger partial charge in [0.05, 0.1) is 5.56 Å². The maximum absolute atomic E-state index is 12.2. The largest absolute Gasteiger partial charge is 0.322 e. The van der Waals surface area contributed by atoms with Gasteiger partial charge in [-0.2, -0.15) is 0 Å². The average molecular weight is 267 g/mol. The number of carbonyl (C=O) groups is 1. The topological polar surface area (TPSA) is 54.9 Å². The molecule has 0 aliphatic heterocycles. The maximum atomic E-state index is 12.2. The van der Waals surface area contributed by atoms with Crippen molar-refractivity contribution in [3.63, 3.8) is 0 Å². The van der Waals surface area contributed by atoms with Crippen molar-refractivity contribution < 1.29 is 4.79 Å².